The summed E-state index contributed by atoms with van der Waals surface area (Å²) in [6.45, 7) is 4.66. The number of anilines is 1. The monoisotopic (exact) mass is 267 g/mol. The van der Waals surface area contributed by atoms with Gasteiger partial charge in [0.05, 0.1) is 6.54 Å². The number of rotatable bonds is 8. The zero-order valence-electron chi connectivity index (χ0n) is 11.4. The van der Waals surface area contributed by atoms with Gasteiger partial charge in [0.1, 0.15) is 5.82 Å². The van der Waals surface area contributed by atoms with E-state index in [0.717, 1.165) is 25.9 Å². The largest absolute Gasteiger partial charge is 0.330 e. The first-order valence-electron chi connectivity index (χ1n) is 6.63. The zero-order chi connectivity index (χ0) is 14.1. The second-order valence-corrected chi connectivity index (χ2v) is 4.48. The highest BCUT2D eigenvalue weighted by Gasteiger charge is 2.10. The number of carbonyl (C=O) groups is 1. The third kappa shape index (κ3) is 6.31. The van der Waals surface area contributed by atoms with Gasteiger partial charge in [-0.1, -0.05) is 13.0 Å². The van der Waals surface area contributed by atoms with Crippen molar-refractivity contribution >= 4 is 11.6 Å². The molecule has 106 valence electrons. The van der Waals surface area contributed by atoms with Crippen LogP contribution in [0.4, 0.5) is 10.1 Å². The number of carbonyl (C=O) groups excluding carboxylic acids is 1. The van der Waals surface area contributed by atoms with Gasteiger partial charge < -0.3 is 11.1 Å². The fraction of sp³-hybridized carbons (Fsp3) is 0.500. The van der Waals surface area contributed by atoms with Gasteiger partial charge in [-0.25, -0.2) is 4.39 Å². The lowest BCUT2D eigenvalue weighted by Gasteiger charge is -2.20. The van der Waals surface area contributed by atoms with Crippen LogP contribution in [0, 0.1) is 5.82 Å². The van der Waals surface area contributed by atoms with Gasteiger partial charge in [0.15, 0.2) is 0 Å². The summed E-state index contributed by atoms with van der Waals surface area (Å²) in [4.78, 5) is 13.9. The molecule has 0 bridgehead atoms. The van der Waals surface area contributed by atoms with Crippen LogP contribution in [-0.2, 0) is 4.79 Å². The van der Waals surface area contributed by atoms with Gasteiger partial charge in [-0.15, -0.1) is 0 Å². The summed E-state index contributed by atoms with van der Waals surface area (Å²) in [5.74, 6) is -0.484. The van der Waals surface area contributed by atoms with Crippen LogP contribution in [-0.4, -0.2) is 37.0 Å². The van der Waals surface area contributed by atoms with Crippen LogP contribution < -0.4 is 11.1 Å². The number of halogens is 1. The first kappa shape index (κ1) is 15.6. The number of hydrogen-bond acceptors (Lipinski definition) is 3. The van der Waals surface area contributed by atoms with E-state index >= 15 is 0 Å². The molecule has 0 aliphatic heterocycles. The molecule has 5 heteroatoms. The molecule has 19 heavy (non-hydrogen) atoms. The number of hydrogen-bond donors (Lipinski definition) is 2. The Kier molecular flexibility index (Phi) is 7.07. The predicted molar refractivity (Wildman–Crippen MR) is 75.4 cm³/mol. The van der Waals surface area contributed by atoms with Crippen LogP contribution >= 0.6 is 0 Å². The van der Waals surface area contributed by atoms with Crippen LogP contribution in [0.25, 0.3) is 0 Å². The van der Waals surface area contributed by atoms with Crippen LogP contribution in [0.2, 0.25) is 0 Å². The lowest BCUT2D eigenvalue weighted by molar-refractivity contribution is -0.117. The summed E-state index contributed by atoms with van der Waals surface area (Å²) in [7, 11) is 0. The molecule has 0 unspecified atom stereocenters. The molecule has 0 radical (unpaired) electrons. The first-order chi connectivity index (χ1) is 9.15. The van der Waals surface area contributed by atoms with E-state index < -0.39 is 0 Å². The Balaban J connectivity index is 2.47. The van der Waals surface area contributed by atoms with Crippen LogP contribution in [0.5, 0.6) is 0 Å². The van der Waals surface area contributed by atoms with Crippen LogP contribution in [0.3, 0.4) is 0 Å². The molecule has 0 saturated heterocycles. The summed E-state index contributed by atoms with van der Waals surface area (Å²) in [5, 5.41) is 2.70. The minimum Gasteiger partial charge on any atom is -0.330 e. The van der Waals surface area contributed by atoms with Gasteiger partial charge in [-0.05, 0) is 50.7 Å². The maximum Gasteiger partial charge on any atom is 0.238 e. The van der Waals surface area contributed by atoms with Gasteiger partial charge in [-0.2, -0.15) is 0 Å². The molecule has 0 heterocycles. The van der Waals surface area contributed by atoms with E-state index in [4.69, 9.17) is 5.73 Å². The summed E-state index contributed by atoms with van der Waals surface area (Å²) in [6.07, 6.45) is 1.85. The zero-order valence-corrected chi connectivity index (χ0v) is 11.4. The topological polar surface area (TPSA) is 58.4 Å². The van der Waals surface area contributed by atoms with Crippen molar-refractivity contribution in [2.75, 3.05) is 31.5 Å². The lowest BCUT2D eigenvalue weighted by Crippen LogP contribution is -2.35. The molecule has 0 spiro atoms. The number of nitrogens with two attached hydrogens (primary N) is 1. The Morgan fingerprint density at radius 3 is 2.84 bits per heavy atom. The molecule has 1 amide bonds. The Morgan fingerprint density at radius 2 is 2.21 bits per heavy atom. The summed E-state index contributed by atoms with van der Waals surface area (Å²) < 4.78 is 13.0. The quantitative estimate of drug-likeness (QED) is 0.755. The molecule has 0 aliphatic carbocycles. The lowest BCUT2D eigenvalue weighted by atomic mass is 10.3. The van der Waals surface area contributed by atoms with E-state index in [1.807, 2.05) is 0 Å². The van der Waals surface area contributed by atoms with E-state index in [1.54, 1.807) is 12.1 Å². The van der Waals surface area contributed by atoms with Gasteiger partial charge in [0.2, 0.25) is 5.91 Å². The molecule has 1 aromatic rings. The normalized spacial score (nSPS) is 10.7. The number of nitrogens with zero attached hydrogens (tertiary/aromatic N) is 1. The van der Waals surface area contributed by atoms with Crippen molar-refractivity contribution in [3.63, 3.8) is 0 Å². The summed E-state index contributed by atoms with van der Waals surface area (Å²) >= 11 is 0. The molecule has 0 fully saturated rings. The Morgan fingerprint density at radius 1 is 1.42 bits per heavy atom. The third-order valence-electron chi connectivity index (χ3n) is 2.69. The van der Waals surface area contributed by atoms with Crippen molar-refractivity contribution in [2.45, 2.75) is 19.8 Å². The molecule has 0 aromatic heterocycles. The molecule has 0 aliphatic rings. The Labute approximate surface area is 113 Å². The number of nitrogens with one attached hydrogen (secondary N) is 1. The second kappa shape index (κ2) is 8.61. The fourth-order valence-corrected chi connectivity index (χ4v) is 1.87. The average Bonchev–Trinajstić information content (AvgIpc) is 2.36. The standard InChI is InChI=1S/C14H22FN3O/c1-2-8-18(9-4-7-16)11-14(19)17-13-6-3-5-12(15)10-13/h3,5-6,10H,2,4,7-9,11,16H2,1H3,(H,17,19). The minimum atomic E-state index is -0.355. The van der Waals surface area contributed by atoms with Crippen molar-refractivity contribution in [1.82, 2.24) is 4.90 Å². The smallest absolute Gasteiger partial charge is 0.238 e. The van der Waals surface area contributed by atoms with Crippen molar-refractivity contribution in [2.24, 2.45) is 5.73 Å². The van der Waals surface area contributed by atoms with Crippen molar-refractivity contribution < 1.29 is 9.18 Å². The molecule has 0 saturated carbocycles. The van der Waals surface area contributed by atoms with Gasteiger partial charge in [0.25, 0.3) is 0 Å². The first-order valence-corrected chi connectivity index (χ1v) is 6.63. The Hall–Kier alpha value is -1.46. The molecular weight excluding hydrogens is 245 g/mol. The highest BCUT2D eigenvalue weighted by atomic mass is 19.1. The van der Waals surface area contributed by atoms with E-state index in [1.165, 1.54) is 12.1 Å². The Bertz CT molecular complexity index is 398. The molecular formula is C14H22FN3O. The van der Waals surface area contributed by atoms with Crippen LogP contribution in [0.15, 0.2) is 24.3 Å². The highest BCUT2D eigenvalue weighted by molar-refractivity contribution is 5.92. The second-order valence-electron chi connectivity index (χ2n) is 4.48. The maximum absolute atomic E-state index is 13.0. The molecule has 3 N–H and O–H groups in total. The van der Waals surface area contributed by atoms with Crippen molar-refractivity contribution in [1.29, 1.82) is 0 Å². The van der Waals surface area contributed by atoms with E-state index in [0.29, 0.717) is 18.8 Å². The SMILES string of the molecule is CCCN(CCCN)CC(=O)Nc1cccc(F)c1. The minimum absolute atomic E-state index is 0.129. The van der Waals surface area contributed by atoms with Gasteiger partial charge in [0, 0.05) is 5.69 Å². The number of benzene rings is 1. The molecule has 1 rings (SSSR count). The maximum atomic E-state index is 13.0. The van der Waals surface area contributed by atoms with Gasteiger partial charge in [-0.3, -0.25) is 9.69 Å². The van der Waals surface area contributed by atoms with Crippen molar-refractivity contribution in [3.8, 4) is 0 Å². The molecule has 0 atom stereocenters. The highest BCUT2D eigenvalue weighted by Crippen LogP contribution is 2.09. The van der Waals surface area contributed by atoms with Crippen LogP contribution in [0.1, 0.15) is 19.8 Å². The average molecular weight is 267 g/mol. The predicted octanol–water partition coefficient (Wildman–Crippen LogP) is 1.82. The third-order valence-corrected chi connectivity index (χ3v) is 2.69. The van der Waals surface area contributed by atoms with E-state index in [2.05, 4.69) is 17.1 Å². The number of amides is 1. The van der Waals surface area contributed by atoms with E-state index in [-0.39, 0.29) is 11.7 Å². The van der Waals surface area contributed by atoms with Crippen molar-refractivity contribution in [3.05, 3.63) is 30.1 Å². The van der Waals surface area contributed by atoms with E-state index in [9.17, 15) is 9.18 Å². The molecule has 1 aromatic carbocycles. The summed E-state index contributed by atoms with van der Waals surface area (Å²) in [6, 6.07) is 5.90. The van der Waals surface area contributed by atoms with Gasteiger partial charge >= 0.3 is 0 Å². The fourth-order valence-electron chi connectivity index (χ4n) is 1.87. The molecule has 4 nitrogen and oxygen atoms in total. The summed E-state index contributed by atoms with van der Waals surface area (Å²) in [5.41, 5.74) is 5.96.